The molecule has 0 saturated carbocycles. The van der Waals surface area contributed by atoms with Gasteiger partial charge in [-0.15, -0.1) is 21.5 Å². The molecule has 4 aromatic rings. The minimum absolute atomic E-state index is 0.524. The summed E-state index contributed by atoms with van der Waals surface area (Å²) in [6, 6.07) is 11.4. The Balaban J connectivity index is 1.50. The van der Waals surface area contributed by atoms with Gasteiger partial charge in [-0.1, -0.05) is 46.7 Å². The second-order valence-electron chi connectivity index (χ2n) is 5.34. The van der Waals surface area contributed by atoms with Crippen molar-refractivity contribution in [3.05, 3.63) is 52.7 Å². The van der Waals surface area contributed by atoms with E-state index in [9.17, 15) is 0 Å². The molecule has 0 bridgehead atoms. The van der Waals surface area contributed by atoms with E-state index in [1.165, 1.54) is 11.8 Å². The molecule has 0 aliphatic heterocycles. The third kappa shape index (κ3) is 3.53. The van der Waals surface area contributed by atoms with Crippen molar-refractivity contribution in [2.45, 2.75) is 24.4 Å². The molecule has 0 saturated heterocycles. The van der Waals surface area contributed by atoms with E-state index in [2.05, 4.69) is 31.8 Å². The van der Waals surface area contributed by atoms with Crippen molar-refractivity contribution in [3.8, 4) is 22.1 Å². The Morgan fingerprint density at radius 2 is 2.15 bits per heavy atom. The van der Waals surface area contributed by atoms with E-state index in [1.54, 1.807) is 11.3 Å². The maximum absolute atomic E-state index is 6.01. The summed E-state index contributed by atoms with van der Waals surface area (Å²) in [5.41, 5.74) is 0.828. The minimum Gasteiger partial charge on any atom is -0.338 e. The number of hydrogen-bond acceptors (Lipinski definition) is 7. The normalized spacial score (nSPS) is 11.2. The lowest BCUT2D eigenvalue weighted by atomic mass is 10.2. The summed E-state index contributed by atoms with van der Waals surface area (Å²) in [7, 11) is 0. The van der Waals surface area contributed by atoms with Crippen LogP contribution >= 0.6 is 34.7 Å². The van der Waals surface area contributed by atoms with Crippen molar-refractivity contribution < 1.29 is 4.52 Å². The molecule has 3 aromatic heterocycles. The molecule has 26 heavy (non-hydrogen) atoms. The Morgan fingerprint density at radius 1 is 1.23 bits per heavy atom. The van der Waals surface area contributed by atoms with Gasteiger partial charge in [0.15, 0.2) is 11.0 Å². The third-order valence-corrected chi connectivity index (χ3v) is 5.70. The second-order valence-corrected chi connectivity index (χ2v) is 7.67. The standard InChI is InChI=1S/C17H14ClN5OS2/c1-2-23-16(13-7-4-8-25-13)20-21-17(23)26-10-14-19-15(22-24-14)11-5-3-6-12(18)9-11/h3-9H,2,10H2,1H3. The molecule has 9 heteroatoms. The molecule has 3 heterocycles. The molecular weight excluding hydrogens is 390 g/mol. The van der Waals surface area contributed by atoms with Crippen LogP contribution in [0.2, 0.25) is 5.02 Å². The van der Waals surface area contributed by atoms with Gasteiger partial charge < -0.3 is 9.09 Å². The minimum atomic E-state index is 0.524. The van der Waals surface area contributed by atoms with Gasteiger partial charge in [-0.25, -0.2) is 0 Å². The van der Waals surface area contributed by atoms with Crippen LogP contribution in [0.5, 0.6) is 0 Å². The summed E-state index contributed by atoms with van der Waals surface area (Å²) in [5.74, 6) is 2.47. The summed E-state index contributed by atoms with van der Waals surface area (Å²) in [6.45, 7) is 2.87. The SMILES string of the molecule is CCn1c(SCc2nc(-c3cccc(Cl)c3)no2)nnc1-c1cccs1. The predicted molar refractivity (Wildman–Crippen MR) is 103 cm³/mol. The Labute approximate surface area is 163 Å². The molecule has 0 amide bonds. The highest BCUT2D eigenvalue weighted by Gasteiger charge is 2.16. The van der Waals surface area contributed by atoms with Crippen LogP contribution in [-0.4, -0.2) is 24.9 Å². The van der Waals surface area contributed by atoms with Crippen LogP contribution in [-0.2, 0) is 12.3 Å². The number of rotatable bonds is 6. The molecular formula is C17H14ClN5OS2. The van der Waals surface area contributed by atoms with E-state index < -0.39 is 0 Å². The fourth-order valence-electron chi connectivity index (χ4n) is 2.45. The first kappa shape index (κ1) is 17.3. The highest BCUT2D eigenvalue weighted by Crippen LogP contribution is 2.29. The highest BCUT2D eigenvalue weighted by atomic mass is 35.5. The van der Waals surface area contributed by atoms with Gasteiger partial charge in [-0.05, 0) is 30.5 Å². The second kappa shape index (κ2) is 7.61. The first-order chi connectivity index (χ1) is 12.7. The number of aromatic nitrogens is 5. The fourth-order valence-corrected chi connectivity index (χ4v) is 4.20. The lowest BCUT2D eigenvalue weighted by Gasteiger charge is -2.04. The largest absolute Gasteiger partial charge is 0.338 e. The number of benzene rings is 1. The molecule has 0 radical (unpaired) electrons. The Morgan fingerprint density at radius 3 is 2.92 bits per heavy atom. The van der Waals surface area contributed by atoms with E-state index >= 15 is 0 Å². The fraction of sp³-hybridized carbons (Fsp3) is 0.176. The summed E-state index contributed by atoms with van der Waals surface area (Å²) in [4.78, 5) is 5.54. The van der Waals surface area contributed by atoms with Gasteiger partial charge >= 0.3 is 0 Å². The van der Waals surface area contributed by atoms with Gasteiger partial charge in [0.2, 0.25) is 11.7 Å². The molecule has 0 N–H and O–H groups in total. The summed E-state index contributed by atoms with van der Waals surface area (Å²) < 4.78 is 7.44. The quantitative estimate of drug-likeness (QED) is 0.421. The molecule has 132 valence electrons. The van der Waals surface area contributed by atoms with Crippen LogP contribution in [0.3, 0.4) is 0 Å². The Hall–Kier alpha value is -2.16. The van der Waals surface area contributed by atoms with Crippen LogP contribution in [0.15, 0.2) is 51.5 Å². The van der Waals surface area contributed by atoms with E-state index in [0.717, 1.165) is 28.0 Å². The molecule has 0 spiro atoms. The van der Waals surface area contributed by atoms with Gasteiger partial charge in [0.05, 0.1) is 10.6 Å². The predicted octanol–water partition coefficient (Wildman–Crippen LogP) is 5.02. The average Bonchev–Trinajstić information content (AvgIpc) is 3.39. The molecule has 0 atom stereocenters. The first-order valence-corrected chi connectivity index (χ1v) is 10.2. The number of halogens is 1. The van der Waals surface area contributed by atoms with Gasteiger partial charge in [0.25, 0.3) is 0 Å². The van der Waals surface area contributed by atoms with Gasteiger partial charge in [0.1, 0.15) is 0 Å². The Kier molecular flexibility index (Phi) is 5.05. The highest BCUT2D eigenvalue weighted by molar-refractivity contribution is 7.98. The van der Waals surface area contributed by atoms with E-state index in [-0.39, 0.29) is 0 Å². The van der Waals surface area contributed by atoms with Crippen LogP contribution in [0.25, 0.3) is 22.1 Å². The monoisotopic (exact) mass is 403 g/mol. The van der Waals surface area contributed by atoms with Crippen LogP contribution in [0.1, 0.15) is 12.8 Å². The van der Waals surface area contributed by atoms with Crippen molar-refractivity contribution in [2.24, 2.45) is 0 Å². The number of nitrogens with zero attached hydrogens (tertiary/aromatic N) is 5. The zero-order chi connectivity index (χ0) is 17.9. The zero-order valence-corrected chi connectivity index (χ0v) is 16.2. The maximum Gasteiger partial charge on any atom is 0.237 e. The molecule has 0 aliphatic rings. The summed E-state index contributed by atoms with van der Waals surface area (Å²) in [6.07, 6.45) is 0. The third-order valence-electron chi connectivity index (χ3n) is 3.65. The van der Waals surface area contributed by atoms with E-state index in [1.807, 2.05) is 41.8 Å². The van der Waals surface area contributed by atoms with Gasteiger partial charge in [-0.3, -0.25) is 0 Å². The molecule has 0 aliphatic carbocycles. The first-order valence-electron chi connectivity index (χ1n) is 7.93. The number of thioether (sulfide) groups is 1. The van der Waals surface area contributed by atoms with Crippen molar-refractivity contribution >= 4 is 34.7 Å². The molecule has 6 nitrogen and oxygen atoms in total. The van der Waals surface area contributed by atoms with Crippen LogP contribution in [0, 0.1) is 0 Å². The van der Waals surface area contributed by atoms with Crippen LogP contribution in [0.4, 0.5) is 0 Å². The topological polar surface area (TPSA) is 69.6 Å². The van der Waals surface area contributed by atoms with Crippen molar-refractivity contribution in [3.63, 3.8) is 0 Å². The maximum atomic E-state index is 6.01. The van der Waals surface area contributed by atoms with Gasteiger partial charge in [0, 0.05) is 17.1 Å². The summed E-state index contributed by atoms with van der Waals surface area (Å²) >= 11 is 9.19. The zero-order valence-electron chi connectivity index (χ0n) is 13.8. The van der Waals surface area contributed by atoms with E-state index in [4.69, 9.17) is 16.1 Å². The average molecular weight is 404 g/mol. The van der Waals surface area contributed by atoms with Crippen molar-refractivity contribution in [1.82, 2.24) is 24.9 Å². The lowest BCUT2D eigenvalue weighted by molar-refractivity contribution is 0.391. The summed E-state index contributed by atoms with van der Waals surface area (Å²) in [5, 5.41) is 16.2. The molecule has 4 rings (SSSR count). The number of hydrogen-bond donors (Lipinski definition) is 0. The van der Waals surface area contributed by atoms with E-state index in [0.29, 0.717) is 22.5 Å². The smallest absolute Gasteiger partial charge is 0.237 e. The van der Waals surface area contributed by atoms with Crippen molar-refractivity contribution in [1.29, 1.82) is 0 Å². The Bertz CT molecular complexity index is 1010. The molecule has 0 unspecified atom stereocenters. The lowest BCUT2D eigenvalue weighted by Crippen LogP contribution is -1.99. The molecule has 1 aromatic carbocycles. The van der Waals surface area contributed by atoms with Crippen molar-refractivity contribution in [2.75, 3.05) is 0 Å². The van der Waals surface area contributed by atoms with Crippen LogP contribution < -0.4 is 0 Å². The number of thiophene rings is 1. The van der Waals surface area contributed by atoms with Gasteiger partial charge in [-0.2, -0.15) is 4.98 Å². The molecule has 0 fully saturated rings.